The molecular weight excluding hydrogens is 361 g/mol. The lowest BCUT2D eigenvalue weighted by atomic mass is 10.2. The molecule has 0 unspecified atom stereocenters. The lowest BCUT2D eigenvalue weighted by molar-refractivity contribution is 0.482. The first kappa shape index (κ1) is 15.6. The Morgan fingerprint density at radius 3 is 2.70 bits per heavy atom. The summed E-state index contributed by atoms with van der Waals surface area (Å²) >= 11 is 15.6. The zero-order chi connectivity index (χ0) is 14.5. The lowest BCUT2D eigenvalue weighted by Gasteiger charge is -2.11. The fraction of sp³-hybridized carbons (Fsp3) is 0.200. The maximum absolute atomic E-state index is 6.10. The molecule has 2 aromatic carbocycles. The minimum Gasteiger partial charge on any atom is -0.456 e. The second kappa shape index (κ2) is 7.32. The van der Waals surface area contributed by atoms with Crippen LogP contribution in [0.1, 0.15) is 12.5 Å². The summed E-state index contributed by atoms with van der Waals surface area (Å²) in [5.74, 6) is 1.26. The molecule has 0 radical (unpaired) electrons. The van der Waals surface area contributed by atoms with Gasteiger partial charge in [-0.2, -0.15) is 0 Å². The van der Waals surface area contributed by atoms with Crippen molar-refractivity contribution in [3.8, 4) is 11.5 Å². The van der Waals surface area contributed by atoms with Crippen molar-refractivity contribution in [2.24, 2.45) is 0 Å². The number of nitrogens with one attached hydrogen (secondary N) is 1. The third-order valence-corrected chi connectivity index (χ3v) is 4.27. The second-order valence-electron chi connectivity index (χ2n) is 4.19. The molecule has 1 N–H and O–H groups in total. The maximum Gasteiger partial charge on any atom is 0.147 e. The zero-order valence-electron chi connectivity index (χ0n) is 10.9. The first-order valence-corrected chi connectivity index (χ1v) is 7.77. The molecule has 0 saturated heterocycles. The Kier molecular flexibility index (Phi) is 5.73. The molecule has 2 nitrogen and oxygen atoms in total. The highest BCUT2D eigenvalue weighted by Crippen LogP contribution is 2.35. The molecule has 0 heterocycles. The minimum atomic E-state index is 0.419. The summed E-state index contributed by atoms with van der Waals surface area (Å²) in [6.07, 6.45) is 0. The van der Waals surface area contributed by atoms with E-state index in [-0.39, 0.29) is 0 Å². The van der Waals surface area contributed by atoms with Gasteiger partial charge in [0.05, 0.1) is 5.02 Å². The predicted molar refractivity (Wildman–Crippen MR) is 88.1 cm³/mol. The molecule has 0 aliphatic heterocycles. The maximum atomic E-state index is 6.10. The Morgan fingerprint density at radius 2 is 2.00 bits per heavy atom. The van der Waals surface area contributed by atoms with Crippen LogP contribution >= 0.6 is 39.1 Å². The Hall–Kier alpha value is -0.740. The summed E-state index contributed by atoms with van der Waals surface area (Å²) in [4.78, 5) is 0. The SMILES string of the molecule is CCNCc1ccc(Oc2cccc(Cl)c2Cl)cc1Br. The monoisotopic (exact) mass is 373 g/mol. The summed E-state index contributed by atoms with van der Waals surface area (Å²) in [5, 5.41) is 4.18. The summed E-state index contributed by atoms with van der Waals surface area (Å²) in [5.41, 5.74) is 1.18. The molecule has 20 heavy (non-hydrogen) atoms. The number of rotatable bonds is 5. The van der Waals surface area contributed by atoms with E-state index in [1.165, 1.54) is 5.56 Å². The molecule has 5 heteroatoms. The average molecular weight is 375 g/mol. The molecule has 0 aliphatic rings. The van der Waals surface area contributed by atoms with E-state index in [4.69, 9.17) is 27.9 Å². The van der Waals surface area contributed by atoms with E-state index < -0.39 is 0 Å². The van der Waals surface area contributed by atoms with Gasteiger partial charge in [-0.3, -0.25) is 0 Å². The molecule has 0 aromatic heterocycles. The standard InChI is InChI=1S/C15H14BrCl2NO/c1-2-19-9-10-6-7-11(8-12(10)16)20-14-5-3-4-13(17)15(14)18/h3-8,19H,2,9H2,1H3. The number of ether oxygens (including phenoxy) is 1. The molecule has 0 aliphatic carbocycles. The van der Waals surface area contributed by atoms with Crippen molar-refractivity contribution < 1.29 is 4.74 Å². The molecule has 0 fully saturated rings. The molecule has 106 valence electrons. The van der Waals surface area contributed by atoms with Gasteiger partial charge in [0.25, 0.3) is 0 Å². The molecule has 0 amide bonds. The van der Waals surface area contributed by atoms with Crippen molar-refractivity contribution in [1.29, 1.82) is 0 Å². The van der Waals surface area contributed by atoms with Gasteiger partial charge in [-0.1, -0.05) is 58.2 Å². The minimum absolute atomic E-state index is 0.419. The van der Waals surface area contributed by atoms with Gasteiger partial charge in [-0.05, 0) is 36.4 Å². The fourth-order valence-corrected chi connectivity index (χ4v) is 2.51. The third kappa shape index (κ3) is 3.89. The molecule has 0 bridgehead atoms. The summed E-state index contributed by atoms with van der Waals surface area (Å²) in [6, 6.07) is 11.2. The summed E-state index contributed by atoms with van der Waals surface area (Å²) < 4.78 is 6.76. The van der Waals surface area contributed by atoms with Crippen LogP contribution in [0.3, 0.4) is 0 Å². The van der Waals surface area contributed by atoms with Gasteiger partial charge in [-0.15, -0.1) is 0 Å². The van der Waals surface area contributed by atoms with Crippen LogP contribution in [0, 0.1) is 0 Å². The van der Waals surface area contributed by atoms with Crippen molar-refractivity contribution in [3.63, 3.8) is 0 Å². The van der Waals surface area contributed by atoms with Crippen molar-refractivity contribution >= 4 is 39.1 Å². The van der Waals surface area contributed by atoms with Crippen LogP contribution in [0.2, 0.25) is 10.0 Å². The van der Waals surface area contributed by atoms with Crippen molar-refractivity contribution in [3.05, 3.63) is 56.5 Å². The van der Waals surface area contributed by atoms with E-state index in [0.717, 1.165) is 17.6 Å². The molecule has 0 spiro atoms. The first-order chi connectivity index (χ1) is 9.61. The second-order valence-corrected chi connectivity index (χ2v) is 5.83. The Balaban J connectivity index is 2.18. The van der Waals surface area contributed by atoms with Crippen LogP contribution in [0.25, 0.3) is 0 Å². The van der Waals surface area contributed by atoms with E-state index in [1.807, 2.05) is 18.2 Å². The quantitative estimate of drug-likeness (QED) is 0.729. The van der Waals surface area contributed by atoms with E-state index in [9.17, 15) is 0 Å². The van der Waals surface area contributed by atoms with Crippen LogP contribution in [0.4, 0.5) is 0 Å². The van der Waals surface area contributed by atoms with E-state index in [1.54, 1.807) is 18.2 Å². The summed E-state index contributed by atoms with van der Waals surface area (Å²) in [6.45, 7) is 3.82. The van der Waals surface area contributed by atoms with Crippen molar-refractivity contribution in [2.45, 2.75) is 13.5 Å². The van der Waals surface area contributed by atoms with Gasteiger partial charge in [0, 0.05) is 11.0 Å². The number of benzene rings is 2. The van der Waals surface area contributed by atoms with Crippen LogP contribution in [-0.2, 0) is 6.54 Å². The van der Waals surface area contributed by atoms with Crippen LogP contribution in [0.15, 0.2) is 40.9 Å². The molecule has 2 rings (SSSR count). The number of halogens is 3. The van der Waals surface area contributed by atoms with Gasteiger partial charge in [0.15, 0.2) is 0 Å². The number of hydrogen-bond acceptors (Lipinski definition) is 2. The Bertz CT molecular complexity index is 604. The van der Waals surface area contributed by atoms with Gasteiger partial charge >= 0.3 is 0 Å². The Labute approximate surface area is 137 Å². The van der Waals surface area contributed by atoms with Gasteiger partial charge in [-0.25, -0.2) is 0 Å². The zero-order valence-corrected chi connectivity index (χ0v) is 14.0. The molecule has 0 atom stereocenters. The van der Waals surface area contributed by atoms with E-state index in [0.29, 0.717) is 21.5 Å². The van der Waals surface area contributed by atoms with Crippen LogP contribution in [0.5, 0.6) is 11.5 Å². The normalized spacial score (nSPS) is 10.6. The highest BCUT2D eigenvalue weighted by atomic mass is 79.9. The highest BCUT2D eigenvalue weighted by molar-refractivity contribution is 9.10. The van der Waals surface area contributed by atoms with Gasteiger partial charge in [0.1, 0.15) is 16.5 Å². The molecule has 0 saturated carbocycles. The smallest absolute Gasteiger partial charge is 0.147 e. The molecule has 2 aromatic rings. The number of hydrogen-bond donors (Lipinski definition) is 1. The third-order valence-electron chi connectivity index (χ3n) is 2.73. The predicted octanol–water partition coefficient (Wildman–Crippen LogP) is 5.66. The van der Waals surface area contributed by atoms with Gasteiger partial charge < -0.3 is 10.1 Å². The highest BCUT2D eigenvalue weighted by Gasteiger charge is 2.08. The lowest BCUT2D eigenvalue weighted by Crippen LogP contribution is -2.11. The van der Waals surface area contributed by atoms with E-state index in [2.05, 4.69) is 28.2 Å². The largest absolute Gasteiger partial charge is 0.456 e. The van der Waals surface area contributed by atoms with Crippen LogP contribution in [-0.4, -0.2) is 6.54 Å². The van der Waals surface area contributed by atoms with E-state index >= 15 is 0 Å². The Morgan fingerprint density at radius 1 is 1.20 bits per heavy atom. The van der Waals surface area contributed by atoms with Crippen molar-refractivity contribution in [2.75, 3.05) is 6.54 Å². The average Bonchev–Trinajstić information content (AvgIpc) is 2.43. The van der Waals surface area contributed by atoms with Gasteiger partial charge in [0.2, 0.25) is 0 Å². The molecular formula is C15H14BrCl2NO. The fourth-order valence-electron chi connectivity index (χ4n) is 1.68. The topological polar surface area (TPSA) is 21.3 Å². The van der Waals surface area contributed by atoms with Crippen molar-refractivity contribution in [1.82, 2.24) is 5.32 Å². The first-order valence-electron chi connectivity index (χ1n) is 6.23. The van der Waals surface area contributed by atoms with Crippen LogP contribution < -0.4 is 10.1 Å². The summed E-state index contributed by atoms with van der Waals surface area (Å²) in [7, 11) is 0.